The van der Waals surface area contributed by atoms with Gasteiger partial charge in [-0.15, -0.1) is 0 Å². The first-order valence-electron chi connectivity index (χ1n) is 10.7. The Hall–Kier alpha value is -2.06. The molecular formula is C25H18BrClINO6S2. The molecule has 0 spiro atoms. The Balaban J connectivity index is 1.62. The molecule has 192 valence electrons. The van der Waals surface area contributed by atoms with E-state index >= 15 is 0 Å². The van der Waals surface area contributed by atoms with E-state index in [2.05, 4.69) is 15.9 Å². The Bertz CT molecular complexity index is 1510. The first-order chi connectivity index (χ1) is 17.6. The van der Waals surface area contributed by atoms with E-state index in [0.29, 0.717) is 14.2 Å². The zero-order valence-corrected chi connectivity index (χ0v) is 25.2. The molecule has 37 heavy (non-hydrogen) atoms. The number of hydrogen-bond donors (Lipinski definition) is 0. The van der Waals surface area contributed by atoms with E-state index < -0.39 is 16.0 Å². The highest BCUT2D eigenvalue weighted by molar-refractivity contribution is 14.1. The van der Waals surface area contributed by atoms with Crippen LogP contribution in [0, 0.1) is 3.57 Å². The minimum absolute atomic E-state index is 0.0246. The van der Waals surface area contributed by atoms with Gasteiger partial charge in [0.15, 0.2) is 11.5 Å². The normalized spacial score (nSPS) is 14.9. The van der Waals surface area contributed by atoms with Gasteiger partial charge in [-0.05, 0) is 101 Å². The predicted octanol–water partition coefficient (Wildman–Crippen LogP) is 7.11. The van der Waals surface area contributed by atoms with Gasteiger partial charge >= 0.3 is 10.1 Å². The molecule has 3 aromatic rings. The molecule has 1 saturated heterocycles. The van der Waals surface area contributed by atoms with Gasteiger partial charge in [0.2, 0.25) is 0 Å². The van der Waals surface area contributed by atoms with Crippen molar-refractivity contribution in [2.45, 2.75) is 18.4 Å². The molecule has 7 nitrogen and oxygen atoms in total. The lowest BCUT2D eigenvalue weighted by atomic mass is 10.1. The van der Waals surface area contributed by atoms with Crippen LogP contribution < -0.4 is 8.92 Å². The molecule has 0 radical (unpaired) electrons. The van der Waals surface area contributed by atoms with E-state index in [4.69, 9.17) is 20.5 Å². The van der Waals surface area contributed by atoms with Gasteiger partial charge in [0.1, 0.15) is 4.90 Å². The van der Waals surface area contributed by atoms with E-state index in [-0.39, 0.29) is 39.7 Å². The number of imide groups is 1. The van der Waals surface area contributed by atoms with Gasteiger partial charge in [0, 0.05) is 9.50 Å². The Morgan fingerprint density at radius 3 is 2.49 bits per heavy atom. The molecule has 0 N–H and O–H groups in total. The smallest absolute Gasteiger partial charge is 0.339 e. The van der Waals surface area contributed by atoms with Gasteiger partial charge in [0.05, 0.1) is 21.6 Å². The van der Waals surface area contributed by atoms with E-state index in [1.807, 2.05) is 46.9 Å². The average Bonchev–Trinajstić information content (AvgIpc) is 3.10. The van der Waals surface area contributed by atoms with Gasteiger partial charge in [0.25, 0.3) is 11.1 Å². The molecule has 0 aromatic heterocycles. The SMILES string of the molecule is CCOc1cc(/C=C2\SC(=O)N(Cc3ccccc3Br)C2=O)cc(I)c1OS(=O)(=O)c1ccc(Cl)cc1. The lowest BCUT2D eigenvalue weighted by Crippen LogP contribution is -2.27. The third kappa shape index (κ3) is 6.51. The number of amides is 2. The van der Waals surface area contributed by atoms with Gasteiger partial charge in [-0.2, -0.15) is 8.42 Å². The highest BCUT2D eigenvalue weighted by Crippen LogP contribution is 2.39. The quantitative estimate of drug-likeness (QED) is 0.139. The average molecular weight is 735 g/mol. The predicted molar refractivity (Wildman–Crippen MR) is 155 cm³/mol. The molecule has 0 bridgehead atoms. The number of carbonyl (C=O) groups is 2. The van der Waals surface area contributed by atoms with Crippen LogP contribution in [0.1, 0.15) is 18.1 Å². The number of ether oxygens (including phenoxy) is 1. The van der Waals surface area contributed by atoms with Crippen LogP contribution in [0.3, 0.4) is 0 Å². The van der Waals surface area contributed by atoms with Crippen LogP contribution in [0.25, 0.3) is 6.08 Å². The van der Waals surface area contributed by atoms with Crippen molar-refractivity contribution in [2.24, 2.45) is 0 Å². The Morgan fingerprint density at radius 2 is 1.81 bits per heavy atom. The third-order valence-electron chi connectivity index (χ3n) is 5.08. The summed E-state index contributed by atoms with van der Waals surface area (Å²) >= 11 is 12.1. The van der Waals surface area contributed by atoms with E-state index in [0.717, 1.165) is 21.8 Å². The second-order valence-corrected chi connectivity index (χ2v) is 12.6. The summed E-state index contributed by atoms with van der Waals surface area (Å²) in [7, 11) is -4.16. The minimum atomic E-state index is -4.16. The first kappa shape index (κ1) is 28.0. The van der Waals surface area contributed by atoms with Crippen molar-refractivity contribution in [3.8, 4) is 11.5 Å². The largest absolute Gasteiger partial charge is 0.490 e. The summed E-state index contributed by atoms with van der Waals surface area (Å²) in [6, 6.07) is 16.2. The van der Waals surface area contributed by atoms with E-state index in [9.17, 15) is 18.0 Å². The van der Waals surface area contributed by atoms with Crippen LogP contribution in [0.5, 0.6) is 11.5 Å². The van der Waals surface area contributed by atoms with Crippen LogP contribution in [-0.2, 0) is 21.5 Å². The summed E-state index contributed by atoms with van der Waals surface area (Å²) in [6.07, 6.45) is 1.58. The molecule has 2 amide bonds. The molecule has 0 unspecified atom stereocenters. The van der Waals surface area contributed by atoms with Crippen LogP contribution >= 0.6 is 61.9 Å². The maximum Gasteiger partial charge on any atom is 0.339 e. The second-order valence-electron chi connectivity index (χ2n) is 7.61. The standard InChI is InChI=1S/C25H18BrClINO6S2/c1-2-34-21-12-15(11-20(28)23(21)35-37(32,33)18-9-7-17(27)8-10-18)13-22-24(30)29(25(31)36-22)14-16-5-3-4-6-19(16)26/h3-13H,2,14H2,1H3/b22-13-. The first-order valence-corrected chi connectivity index (χ1v) is 15.2. The Kier molecular flexibility index (Phi) is 8.89. The van der Waals surface area contributed by atoms with Gasteiger partial charge in [-0.3, -0.25) is 14.5 Å². The number of halogens is 3. The maximum atomic E-state index is 13.0. The van der Waals surface area contributed by atoms with Crippen molar-refractivity contribution in [1.29, 1.82) is 0 Å². The summed E-state index contributed by atoms with van der Waals surface area (Å²) in [5, 5.41) is 0.0226. The van der Waals surface area contributed by atoms with Crippen molar-refractivity contribution < 1.29 is 26.9 Å². The summed E-state index contributed by atoms with van der Waals surface area (Å²) < 4.78 is 38.0. The van der Waals surface area contributed by atoms with Gasteiger partial charge in [-0.1, -0.05) is 45.7 Å². The van der Waals surface area contributed by atoms with Gasteiger partial charge in [-0.25, -0.2) is 0 Å². The molecule has 1 fully saturated rings. The van der Waals surface area contributed by atoms with E-state index in [1.165, 1.54) is 29.2 Å². The van der Waals surface area contributed by atoms with E-state index in [1.54, 1.807) is 25.1 Å². The molecule has 4 rings (SSSR count). The van der Waals surface area contributed by atoms with Crippen LogP contribution in [0.2, 0.25) is 5.02 Å². The topological polar surface area (TPSA) is 90.0 Å². The summed E-state index contributed by atoms with van der Waals surface area (Å²) in [5.74, 6) is -0.202. The Labute approximate surface area is 245 Å². The number of rotatable bonds is 8. The molecule has 1 aliphatic rings. The lowest BCUT2D eigenvalue weighted by Gasteiger charge is -2.15. The zero-order chi connectivity index (χ0) is 26.7. The third-order valence-corrected chi connectivity index (χ3v) is 9.05. The van der Waals surface area contributed by atoms with Crippen LogP contribution in [-0.4, -0.2) is 31.1 Å². The molecular weight excluding hydrogens is 717 g/mol. The molecule has 0 saturated carbocycles. The fraction of sp³-hybridized carbons (Fsp3) is 0.120. The van der Waals surface area contributed by atoms with Crippen molar-refractivity contribution in [2.75, 3.05) is 6.61 Å². The molecule has 0 aliphatic carbocycles. The summed E-state index contributed by atoms with van der Waals surface area (Å²) in [6.45, 7) is 2.14. The molecule has 1 aliphatic heterocycles. The van der Waals surface area contributed by atoms with Crippen molar-refractivity contribution in [3.05, 3.63) is 89.8 Å². The fourth-order valence-electron chi connectivity index (χ4n) is 3.36. The molecule has 12 heteroatoms. The molecule has 0 atom stereocenters. The Morgan fingerprint density at radius 1 is 1.11 bits per heavy atom. The zero-order valence-electron chi connectivity index (χ0n) is 19.1. The number of carbonyl (C=O) groups excluding carboxylic acids is 2. The van der Waals surface area contributed by atoms with Crippen molar-refractivity contribution in [3.63, 3.8) is 0 Å². The second kappa shape index (κ2) is 11.8. The monoisotopic (exact) mass is 733 g/mol. The lowest BCUT2D eigenvalue weighted by molar-refractivity contribution is -0.123. The van der Waals surface area contributed by atoms with Crippen molar-refractivity contribution in [1.82, 2.24) is 4.90 Å². The molecule has 1 heterocycles. The number of benzene rings is 3. The highest BCUT2D eigenvalue weighted by Gasteiger charge is 2.35. The van der Waals surface area contributed by atoms with Gasteiger partial charge < -0.3 is 8.92 Å². The van der Waals surface area contributed by atoms with Crippen LogP contribution in [0.15, 0.2) is 74.9 Å². The summed E-state index contributed by atoms with van der Waals surface area (Å²) in [5.41, 5.74) is 1.36. The van der Waals surface area contributed by atoms with Crippen molar-refractivity contribution >= 4 is 89.2 Å². The highest BCUT2D eigenvalue weighted by atomic mass is 127. The summed E-state index contributed by atoms with van der Waals surface area (Å²) in [4.78, 5) is 27.0. The molecule has 3 aromatic carbocycles. The number of thioether (sulfide) groups is 1. The number of hydrogen-bond acceptors (Lipinski definition) is 7. The minimum Gasteiger partial charge on any atom is -0.490 e. The maximum absolute atomic E-state index is 13.0. The van der Waals surface area contributed by atoms with Crippen LogP contribution in [0.4, 0.5) is 4.79 Å². The fourth-order valence-corrected chi connectivity index (χ4v) is 6.58. The number of nitrogens with zero attached hydrogens (tertiary/aromatic N) is 1.